The molecule has 9 heteroatoms. The van der Waals surface area contributed by atoms with Gasteiger partial charge < -0.3 is 9.29 Å². The molecule has 0 spiro atoms. The normalized spacial score (nSPS) is 33.5. The predicted molar refractivity (Wildman–Crippen MR) is 68.5 cm³/mol. The van der Waals surface area contributed by atoms with Crippen LogP contribution < -0.4 is 0 Å². The van der Waals surface area contributed by atoms with Crippen molar-refractivity contribution in [2.45, 2.75) is 62.9 Å². The average molecular weight is 347 g/mol. The molecule has 0 saturated heterocycles. The van der Waals surface area contributed by atoms with E-state index in [4.69, 9.17) is 4.74 Å². The summed E-state index contributed by atoms with van der Waals surface area (Å²) < 4.78 is 91.9. The van der Waals surface area contributed by atoms with Crippen molar-refractivity contribution in [2.75, 3.05) is 0 Å². The van der Waals surface area contributed by atoms with Gasteiger partial charge >= 0.3 is 11.2 Å². The lowest BCUT2D eigenvalue weighted by atomic mass is 9.82. The van der Waals surface area contributed by atoms with Crippen molar-refractivity contribution >= 4 is 10.1 Å². The third-order valence-electron chi connectivity index (χ3n) is 4.46. The summed E-state index contributed by atoms with van der Waals surface area (Å²) in [6.45, 7) is 5.43. The second kappa shape index (κ2) is 5.04. The fourth-order valence-electron chi connectivity index (χ4n) is 3.65. The molecule has 2 rings (SSSR count). The Morgan fingerprint density at radius 3 is 1.91 bits per heavy atom. The monoisotopic (exact) mass is 347 g/mol. The van der Waals surface area contributed by atoms with Crippen LogP contribution in [0.3, 0.4) is 0 Å². The van der Waals surface area contributed by atoms with Crippen molar-refractivity contribution < 1.29 is 35.3 Å². The first-order chi connectivity index (χ1) is 9.67. The summed E-state index contributed by atoms with van der Waals surface area (Å²) in [4.78, 5) is 0. The van der Waals surface area contributed by atoms with E-state index in [0.717, 1.165) is 0 Å². The third kappa shape index (κ3) is 2.87. The Bertz CT molecular complexity index is 541. The smallest absolute Gasteiger partial charge is 0.396 e. The molecule has 2 bridgehead atoms. The van der Waals surface area contributed by atoms with Crippen molar-refractivity contribution in [1.29, 1.82) is 0 Å². The SMILES string of the molecule is CC(C)(C)OC1CC2CC1CC2C(F)(F)C(F)(F)S(=O)(=O)[O-]. The molecule has 2 aliphatic carbocycles. The molecule has 0 aliphatic heterocycles. The molecule has 2 fully saturated rings. The molecule has 2 saturated carbocycles. The van der Waals surface area contributed by atoms with Gasteiger partial charge in [-0.25, -0.2) is 8.42 Å². The molecule has 22 heavy (non-hydrogen) atoms. The highest BCUT2D eigenvalue weighted by Gasteiger charge is 2.69. The van der Waals surface area contributed by atoms with Crippen LogP contribution >= 0.6 is 0 Å². The summed E-state index contributed by atoms with van der Waals surface area (Å²) in [6.07, 6.45) is -0.0917. The zero-order valence-corrected chi connectivity index (χ0v) is 13.3. The van der Waals surface area contributed by atoms with Gasteiger partial charge in [-0.15, -0.1) is 0 Å². The van der Waals surface area contributed by atoms with Gasteiger partial charge in [-0.3, -0.25) is 0 Å². The zero-order chi connectivity index (χ0) is 17.1. The lowest BCUT2D eigenvalue weighted by Gasteiger charge is -2.38. The second-order valence-corrected chi connectivity index (χ2v) is 8.62. The minimum Gasteiger partial charge on any atom is -0.743 e. The molecule has 0 aromatic heterocycles. The van der Waals surface area contributed by atoms with E-state index in [1.807, 2.05) is 20.8 Å². The third-order valence-corrected chi connectivity index (χ3v) is 5.36. The van der Waals surface area contributed by atoms with E-state index in [0.29, 0.717) is 0 Å². The van der Waals surface area contributed by atoms with Gasteiger partial charge in [-0.05, 0) is 51.9 Å². The first-order valence-electron chi connectivity index (χ1n) is 7.05. The number of alkyl halides is 4. The minimum absolute atomic E-state index is 0.178. The van der Waals surface area contributed by atoms with Gasteiger partial charge in [0.15, 0.2) is 10.1 Å². The lowest BCUT2D eigenvalue weighted by Crippen LogP contribution is -2.53. The lowest BCUT2D eigenvalue weighted by molar-refractivity contribution is -0.208. The molecule has 4 nitrogen and oxygen atoms in total. The first-order valence-corrected chi connectivity index (χ1v) is 8.46. The number of halogens is 4. The summed E-state index contributed by atoms with van der Waals surface area (Å²) in [5.74, 6) is -7.75. The predicted octanol–water partition coefficient (Wildman–Crippen LogP) is 2.99. The van der Waals surface area contributed by atoms with Crippen LogP contribution in [0.5, 0.6) is 0 Å². The zero-order valence-electron chi connectivity index (χ0n) is 12.5. The van der Waals surface area contributed by atoms with Crippen molar-refractivity contribution in [2.24, 2.45) is 17.8 Å². The molecule has 4 atom stereocenters. The molecule has 0 aromatic rings. The van der Waals surface area contributed by atoms with Crippen molar-refractivity contribution in [3.05, 3.63) is 0 Å². The highest BCUT2D eigenvalue weighted by Crippen LogP contribution is 2.59. The van der Waals surface area contributed by atoms with Crippen LogP contribution in [0.15, 0.2) is 0 Å². The van der Waals surface area contributed by atoms with E-state index in [9.17, 15) is 30.5 Å². The number of hydrogen-bond donors (Lipinski definition) is 0. The quantitative estimate of drug-likeness (QED) is 0.579. The highest BCUT2D eigenvalue weighted by molar-refractivity contribution is 7.86. The average Bonchev–Trinajstić information content (AvgIpc) is 2.83. The Morgan fingerprint density at radius 2 is 1.55 bits per heavy atom. The molecule has 0 N–H and O–H groups in total. The van der Waals surface area contributed by atoms with Crippen molar-refractivity contribution in [1.82, 2.24) is 0 Å². The first kappa shape index (κ1) is 17.9. The standard InChI is InChI=1S/C13H20F4O4S/c1-11(2,3)21-10-6-7-4-8(10)5-9(7)12(14,15)13(16,17)22(18,19)20/h7-10H,4-6H2,1-3H3,(H,18,19,20)/p-1. The van der Waals surface area contributed by atoms with Gasteiger partial charge in [-0.1, -0.05) is 0 Å². The number of rotatable bonds is 4. The Morgan fingerprint density at radius 1 is 1.00 bits per heavy atom. The van der Waals surface area contributed by atoms with E-state index < -0.39 is 38.7 Å². The van der Waals surface area contributed by atoms with E-state index >= 15 is 0 Å². The Kier molecular flexibility index (Phi) is 4.11. The van der Waals surface area contributed by atoms with Gasteiger partial charge in [0.25, 0.3) is 0 Å². The topological polar surface area (TPSA) is 66.4 Å². The van der Waals surface area contributed by atoms with Crippen LogP contribution in [0.2, 0.25) is 0 Å². The highest BCUT2D eigenvalue weighted by atomic mass is 32.2. The van der Waals surface area contributed by atoms with E-state index in [2.05, 4.69) is 0 Å². The van der Waals surface area contributed by atoms with E-state index in [1.54, 1.807) is 0 Å². The molecule has 0 heterocycles. The van der Waals surface area contributed by atoms with Crippen LogP contribution in [0.1, 0.15) is 40.0 Å². The molecule has 0 amide bonds. The Balaban J connectivity index is 2.16. The molecule has 4 unspecified atom stereocenters. The number of fused-ring (bicyclic) bond motifs is 2. The van der Waals surface area contributed by atoms with Crippen LogP contribution in [-0.2, 0) is 14.9 Å². The molecule has 130 valence electrons. The maximum Gasteiger partial charge on any atom is 0.396 e. The van der Waals surface area contributed by atoms with Gasteiger partial charge in [-0.2, -0.15) is 17.6 Å². The Labute approximate surface area is 127 Å². The maximum atomic E-state index is 14.0. The molecular weight excluding hydrogens is 328 g/mol. The fourth-order valence-corrected chi connectivity index (χ4v) is 4.13. The Hall–Kier alpha value is -0.410. The summed E-state index contributed by atoms with van der Waals surface area (Å²) in [5, 5.41) is -5.59. The molecule has 2 aliphatic rings. The summed E-state index contributed by atoms with van der Waals surface area (Å²) >= 11 is 0. The maximum absolute atomic E-state index is 14.0. The fraction of sp³-hybridized carbons (Fsp3) is 1.00. The summed E-state index contributed by atoms with van der Waals surface area (Å²) in [6, 6.07) is 0. The van der Waals surface area contributed by atoms with Crippen LogP contribution in [0.25, 0.3) is 0 Å². The van der Waals surface area contributed by atoms with Gasteiger partial charge in [0.1, 0.15) is 0 Å². The molecule has 0 aromatic carbocycles. The van der Waals surface area contributed by atoms with E-state index in [1.165, 1.54) is 0 Å². The number of hydrogen-bond acceptors (Lipinski definition) is 4. The van der Waals surface area contributed by atoms with Crippen LogP contribution in [0.4, 0.5) is 17.6 Å². The van der Waals surface area contributed by atoms with Gasteiger partial charge in [0.2, 0.25) is 0 Å². The van der Waals surface area contributed by atoms with E-state index in [-0.39, 0.29) is 31.3 Å². The number of ether oxygens (including phenoxy) is 1. The largest absolute Gasteiger partial charge is 0.743 e. The minimum atomic E-state index is -6.42. The van der Waals surface area contributed by atoms with Crippen LogP contribution in [0, 0.1) is 17.8 Å². The van der Waals surface area contributed by atoms with Gasteiger partial charge in [0, 0.05) is 5.92 Å². The summed E-state index contributed by atoms with van der Waals surface area (Å²) in [7, 11) is -6.42. The molecular formula is C13H19F4O4S-. The van der Waals surface area contributed by atoms with Crippen molar-refractivity contribution in [3.63, 3.8) is 0 Å². The van der Waals surface area contributed by atoms with Crippen molar-refractivity contribution in [3.8, 4) is 0 Å². The molecule has 0 radical (unpaired) electrons. The van der Waals surface area contributed by atoms with Gasteiger partial charge in [0.05, 0.1) is 11.7 Å². The summed E-state index contributed by atoms with van der Waals surface area (Å²) in [5.41, 5.74) is -0.477. The van der Waals surface area contributed by atoms with Crippen LogP contribution in [-0.4, -0.2) is 35.9 Å². The second-order valence-electron chi connectivity index (χ2n) is 7.20.